The number of nitrogens with one attached hydrogen (secondary N) is 1. The Morgan fingerprint density at radius 1 is 1.38 bits per heavy atom. The maximum atomic E-state index is 12.8. The normalized spacial score (nSPS) is 17.2. The van der Waals surface area contributed by atoms with Crippen LogP contribution in [0.1, 0.15) is 24.8 Å². The number of anilines is 1. The topological polar surface area (TPSA) is 42.0 Å². The summed E-state index contributed by atoms with van der Waals surface area (Å²) in [6, 6.07) is 5.00. The maximum Gasteiger partial charge on any atom is 0.416 e. The van der Waals surface area contributed by atoms with Crippen LogP contribution in [-0.2, 0) is 11.0 Å². The Kier molecular flexibility index (Phi) is 4.71. The lowest BCUT2D eigenvalue weighted by Gasteiger charge is -2.07. The van der Waals surface area contributed by atoms with E-state index in [1.54, 1.807) is 11.4 Å². The zero-order valence-electron chi connectivity index (χ0n) is 12.6. The Hall–Kier alpha value is -2.15. The van der Waals surface area contributed by atoms with Crippen LogP contribution in [0, 0.1) is 5.92 Å². The lowest BCUT2D eigenvalue weighted by molar-refractivity contribution is -0.137. The first-order chi connectivity index (χ1) is 11.4. The molecule has 1 aliphatic rings. The van der Waals surface area contributed by atoms with Crippen LogP contribution < -0.4 is 5.32 Å². The maximum absolute atomic E-state index is 12.8. The number of amides is 1. The molecule has 0 saturated carbocycles. The summed E-state index contributed by atoms with van der Waals surface area (Å²) >= 11 is 1.20. The van der Waals surface area contributed by atoms with E-state index in [9.17, 15) is 18.0 Å². The van der Waals surface area contributed by atoms with Gasteiger partial charge in [-0.2, -0.15) is 13.2 Å². The van der Waals surface area contributed by atoms with Crippen molar-refractivity contribution >= 4 is 22.4 Å². The molecule has 0 bridgehead atoms. The highest BCUT2D eigenvalue weighted by Crippen LogP contribution is 2.33. The van der Waals surface area contributed by atoms with Gasteiger partial charge in [-0.15, -0.1) is 11.3 Å². The third kappa shape index (κ3) is 4.03. The number of allylic oxidation sites excluding steroid dienone is 2. The van der Waals surface area contributed by atoms with Crippen molar-refractivity contribution in [2.75, 3.05) is 5.32 Å². The van der Waals surface area contributed by atoms with E-state index in [2.05, 4.69) is 16.4 Å². The summed E-state index contributed by atoms with van der Waals surface area (Å²) in [6.07, 6.45) is 2.07. The second-order valence-corrected chi connectivity index (χ2v) is 6.49. The van der Waals surface area contributed by atoms with Gasteiger partial charge in [0.05, 0.1) is 11.3 Å². The minimum Gasteiger partial charge on any atom is -0.302 e. The van der Waals surface area contributed by atoms with Crippen molar-refractivity contribution in [2.24, 2.45) is 5.92 Å². The Morgan fingerprint density at radius 3 is 2.92 bits per heavy atom. The molecule has 0 saturated heterocycles. The van der Waals surface area contributed by atoms with Gasteiger partial charge < -0.3 is 5.32 Å². The Morgan fingerprint density at radius 2 is 2.21 bits per heavy atom. The predicted octanol–water partition coefficient (Wildman–Crippen LogP) is 5.12. The number of hydrogen-bond donors (Lipinski definition) is 1. The molecule has 1 aliphatic carbocycles. The molecule has 24 heavy (non-hydrogen) atoms. The molecular weight excluding hydrogens is 337 g/mol. The SMILES string of the molecule is O=C(C[C@@H]1C=CCC1)Nc1nc(-c2cccc(C(F)(F)F)c2)cs1. The van der Waals surface area contributed by atoms with Crippen LogP contribution in [0.4, 0.5) is 18.3 Å². The van der Waals surface area contributed by atoms with Crippen molar-refractivity contribution in [1.82, 2.24) is 4.98 Å². The standard InChI is InChI=1S/C17H15F3N2OS/c18-17(19,20)13-7-3-6-12(9-13)14-10-24-16(21-14)22-15(23)8-11-4-1-2-5-11/h1,3-4,6-7,9-11H,2,5,8H2,(H,21,22,23)/t11-/m1/s1. The number of aromatic nitrogens is 1. The molecule has 0 spiro atoms. The van der Waals surface area contributed by atoms with Crippen LogP contribution >= 0.6 is 11.3 Å². The first kappa shape index (κ1) is 16.7. The van der Waals surface area contributed by atoms with Crippen molar-refractivity contribution in [2.45, 2.75) is 25.4 Å². The summed E-state index contributed by atoms with van der Waals surface area (Å²) in [5.41, 5.74) is 0.0778. The zero-order valence-corrected chi connectivity index (χ0v) is 13.5. The summed E-state index contributed by atoms with van der Waals surface area (Å²) in [4.78, 5) is 16.2. The monoisotopic (exact) mass is 352 g/mol. The number of hydrogen-bond acceptors (Lipinski definition) is 3. The third-order valence-corrected chi connectivity index (χ3v) is 4.55. The molecule has 0 radical (unpaired) electrons. The largest absolute Gasteiger partial charge is 0.416 e. The number of nitrogens with zero attached hydrogens (tertiary/aromatic N) is 1. The van der Waals surface area contributed by atoms with Crippen LogP contribution in [0.2, 0.25) is 0 Å². The highest BCUT2D eigenvalue weighted by Gasteiger charge is 2.30. The van der Waals surface area contributed by atoms with Crippen LogP contribution in [0.5, 0.6) is 0 Å². The number of carbonyl (C=O) groups excluding carboxylic acids is 1. The first-order valence-corrected chi connectivity index (χ1v) is 8.39. The van der Waals surface area contributed by atoms with Gasteiger partial charge in [-0.3, -0.25) is 4.79 Å². The van der Waals surface area contributed by atoms with Crippen molar-refractivity contribution in [1.29, 1.82) is 0 Å². The minimum atomic E-state index is -4.39. The molecule has 1 aromatic heterocycles. The van der Waals surface area contributed by atoms with Gasteiger partial charge in [0.2, 0.25) is 5.91 Å². The van der Waals surface area contributed by atoms with Gasteiger partial charge in [0.25, 0.3) is 0 Å². The Balaban J connectivity index is 1.69. The minimum absolute atomic E-state index is 0.128. The number of alkyl halides is 3. The van der Waals surface area contributed by atoms with E-state index < -0.39 is 11.7 Å². The van der Waals surface area contributed by atoms with Crippen molar-refractivity contribution in [3.63, 3.8) is 0 Å². The molecule has 0 fully saturated rings. The predicted molar refractivity (Wildman–Crippen MR) is 87.7 cm³/mol. The van der Waals surface area contributed by atoms with E-state index in [-0.39, 0.29) is 11.8 Å². The van der Waals surface area contributed by atoms with Gasteiger partial charge in [-0.1, -0.05) is 24.3 Å². The number of carbonyl (C=O) groups is 1. The molecule has 1 heterocycles. The molecule has 1 amide bonds. The average Bonchev–Trinajstić information content (AvgIpc) is 3.18. The lowest BCUT2D eigenvalue weighted by Crippen LogP contribution is -2.14. The smallest absolute Gasteiger partial charge is 0.302 e. The molecule has 1 atom stereocenters. The molecule has 7 heteroatoms. The fourth-order valence-electron chi connectivity index (χ4n) is 2.59. The van der Waals surface area contributed by atoms with Gasteiger partial charge in [0.15, 0.2) is 5.13 Å². The van der Waals surface area contributed by atoms with E-state index in [0.717, 1.165) is 25.0 Å². The highest BCUT2D eigenvalue weighted by atomic mass is 32.1. The van der Waals surface area contributed by atoms with E-state index in [4.69, 9.17) is 0 Å². The van der Waals surface area contributed by atoms with Gasteiger partial charge in [0.1, 0.15) is 0 Å². The lowest BCUT2D eigenvalue weighted by atomic mass is 10.1. The van der Waals surface area contributed by atoms with Gasteiger partial charge in [-0.25, -0.2) is 4.98 Å². The van der Waals surface area contributed by atoms with Crippen LogP contribution in [0.3, 0.4) is 0 Å². The molecule has 1 N–H and O–H groups in total. The average molecular weight is 352 g/mol. The highest BCUT2D eigenvalue weighted by molar-refractivity contribution is 7.14. The molecule has 3 rings (SSSR count). The fourth-order valence-corrected chi connectivity index (χ4v) is 3.33. The van der Waals surface area contributed by atoms with E-state index in [0.29, 0.717) is 22.8 Å². The second kappa shape index (κ2) is 6.76. The third-order valence-electron chi connectivity index (χ3n) is 3.80. The van der Waals surface area contributed by atoms with Crippen molar-refractivity contribution < 1.29 is 18.0 Å². The van der Waals surface area contributed by atoms with E-state index in [1.807, 2.05) is 6.08 Å². The molecule has 0 unspecified atom stereocenters. The summed E-state index contributed by atoms with van der Waals surface area (Å²) < 4.78 is 38.3. The second-order valence-electron chi connectivity index (χ2n) is 5.63. The van der Waals surface area contributed by atoms with E-state index >= 15 is 0 Å². The zero-order chi connectivity index (χ0) is 17.2. The van der Waals surface area contributed by atoms with E-state index in [1.165, 1.54) is 17.4 Å². The summed E-state index contributed by atoms with van der Waals surface area (Å²) in [6.45, 7) is 0. The van der Waals surface area contributed by atoms with Crippen LogP contribution in [-0.4, -0.2) is 10.9 Å². The summed E-state index contributed by atoms with van der Waals surface area (Å²) in [7, 11) is 0. The van der Waals surface area contributed by atoms with Gasteiger partial charge in [-0.05, 0) is 30.9 Å². The molecule has 126 valence electrons. The Labute approximate surface area is 141 Å². The van der Waals surface area contributed by atoms with Crippen LogP contribution in [0.25, 0.3) is 11.3 Å². The quantitative estimate of drug-likeness (QED) is 0.776. The summed E-state index contributed by atoms with van der Waals surface area (Å²) in [5, 5.41) is 4.75. The Bertz CT molecular complexity index is 767. The van der Waals surface area contributed by atoms with Crippen molar-refractivity contribution in [3.05, 3.63) is 47.4 Å². The molecule has 0 aliphatic heterocycles. The first-order valence-electron chi connectivity index (χ1n) is 7.51. The van der Waals surface area contributed by atoms with Crippen LogP contribution in [0.15, 0.2) is 41.8 Å². The molecule has 1 aromatic carbocycles. The molecule has 2 aromatic rings. The molecule has 3 nitrogen and oxygen atoms in total. The number of benzene rings is 1. The fraction of sp³-hybridized carbons (Fsp3) is 0.294. The summed E-state index contributed by atoms with van der Waals surface area (Å²) in [5.74, 6) is 0.129. The number of thiazole rings is 1. The number of rotatable bonds is 4. The molecular formula is C17H15F3N2OS. The van der Waals surface area contributed by atoms with Gasteiger partial charge in [0, 0.05) is 17.4 Å². The van der Waals surface area contributed by atoms with Gasteiger partial charge >= 0.3 is 6.18 Å². The van der Waals surface area contributed by atoms with Crippen molar-refractivity contribution in [3.8, 4) is 11.3 Å². The number of halogens is 3.